The van der Waals surface area contributed by atoms with Gasteiger partial charge in [-0.3, -0.25) is 4.79 Å². The summed E-state index contributed by atoms with van der Waals surface area (Å²) in [6, 6.07) is 17.7. The summed E-state index contributed by atoms with van der Waals surface area (Å²) in [5, 5.41) is 11.3. The molecule has 0 spiro atoms. The summed E-state index contributed by atoms with van der Waals surface area (Å²) in [5.41, 5.74) is 3.53. The Morgan fingerprint density at radius 1 is 1.12 bits per heavy atom. The van der Waals surface area contributed by atoms with Gasteiger partial charge >= 0.3 is 0 Å². The summed E-state index contributed by atoms with van der Waals surface area (Å²) in [6.45, 7) is 0.676. The second-order valence-corrected chi connectivity index (χ2v) is 6.23. The van der Waals surface area contributed by atoms with Crippen molar-refractivity contribution in [1.82, 2.24) is 20.3 Å². The standard InChI is InChI=1S/C20H19N5O/c1-24-18-10-6-5-9-17(18)20(26)21-19(24)12-11-16-14-25(23-22-16)13-15-7-3-2-4-8-15/h2-12,14,19H,13H2,1H3,(H,21,26)/b12-11+. The molecule has 1 aromatic heterocycles. The molecule has 1 unspecified atom stereocenters. The van der Waals surface area contributed by atoms with Crippen LogP contribution in [0.2, 0.25) is 0 Å². The molecule has 1 amide bonds. The van der Waals surface area contributed by atoms with Crippen LogP contribution in [0.15, 0.2) is 66.9 Å². The van der Waals surface area contributed by atoms with Crippen LogP contribution in [0.25, 0.3) is 6.08 Å². The smallest absolute Gasteiger partial charge is 0.255 e. The van der Waals surface area contributed by atoms with Gasteiger partial charge in [-0.2, -0.15) is 0 Å². The molecule has 2 aromatic carbocycles. The highest BCUT2D eigenvalue weighted by Crippen LogP contribution is 2.25. The number of hydrogen-bond donors (Lipinski definition) is 1. The van der Waals surface area contributed by atoms with Crippen molar-refractivity contribution in [3.05, 3.63) is 83.7 Å². The number of aromatic nitrogens is 3. The molecule has 1 N–H and O–H groups in total. The molecule has 130 valence electrons. The van der Waals surface area contributed by atoms with Crippen molar-refractivity contribution in [1.29, 1.82) is 0 Å². The van der Waals surface area contributed by atoms with Gasteiger partial charge in [0, 0.05) is 7.05 Å². The quantitative estimate of drug-likeness (QED) is 0.789. The lowest BCUT2D eigenvalue weighted by atomic mass is 10.1. The fraction of sp³-hybridized carbons (Fsp3) is 0.150. The van der Waals surface area contributed by atoms with Gasteiger partial charge in [-0.05, 0) is 29.8 Å². The van der Waals surface area contributed by atoms with Gasteiger partial charge in [0.25, 0.3) is 5.91 Å². The molecule has 6 heteroatoms. The zero-order valence-electron chi connectivity index (χ0n) is 14.4. The third kappa shape index (κ3) is 3.21. The average molecular weight is 345 g/mol. The molecule has 0 bridgehead atoms. The van der Waals surface area contributed by atoms with E-state index in [-0.39, 0.29) is 12.1 Å². The van der Waals surface area contributed by atoms with Crippen LogP contribution in [0.4, 0.5) is 5.69 Å². The Balaban J connectivity index is 1.48. The molecule has 0 radical (unpaired) electrons. The van der Waals surface area contributed by atoms with Crippen LogP contribution in [0.5, 0.6) is 0 Å². The number of para-hydroxylation sites is 1. The number of rotatable bonds is 4. The number of amides is 1. The molecule has 6 nitrogen and oxygen atoms in total. The van der Waals surface area contributed by atoms with E-state index in [0.717, 1.165) is 11.4 Å². The van der Waals surface area contributed by atoms with Crippen molar-refractivity contribution in [3.63, 3.8) is 0 Å². The van der Waals surface area contributed by atoms with Crippen LogP contribution < -0.4 is 10.2 Å². The predicted molar refractivity (Wildman–Crippen MR) is 101 cm³/mol. The van der Waals surface area contributed by atoms with E-state index >= 15 is 0 Å². The fourth-order valence-electron chi connectivity index (χ4n) is 3.04. The summed E-state index contributed by atoms with van der Waals surface area (Å²) in [5.74, 6) is -0.0684. The molecule has 1 aliphatic rings. The number of nitrogens with one attached hydrogen (secondary N) is 1. The van der Waals surface area contributed by atoms with E-state index in [9.17, 15) is 4.79 Å². The van der Waals surface area contributed by atoms with Gasteiger partial charge in [-0.1, -0.05) is 47.7 Å². The number of fused-ring (bicyclic) bond motifs is 1. The summed E-state index contributed by atoms with van der Waals surface area (Å²) in [4.78, 5) is 14.3. The topological polar surface area (TPSA) is 63.1 Å². The minimum atomic E-state index is -0.225. The first kappa shape index (κ1) is 16.1. The van der Waals surface area contributed by atoms with E-state index < -0.39 is 0 Å². The number of nitrogens with zero attached hydrogens (tertiary/aromatic N) is 4. The van der Waals surface area contributed by atoms with Crippen molar-refractivity contribution < 1.29 is 4.79 Å². The SMILES string of the molecule is CN1c2ccccc2C(=O)NC1/C=C/c1cn(Cc2ccccc2)nn1. The minimum absolute atomic E-state index is 0.0684. The molecule has 0 saturated heterocycles. The number of likely N-dealkylation sites (N-methyl/N-ethyl adjacent to an activating group) is 1. The summed E-state index contributed by atoms with van der Waals surface area (Å²) in [6.07, 6.45) is 5.47. The molecule has 0 saturated carbocycles. The summed E-state index contributed by atoms with van der Waals surface area (Å²) < 4.78 is 1.80. The Bertz CT molecular complexity index is 948. The largest absolute Gasteiger partial charge is 0.350 e. The normalized spacial score (nSPS) is 16.6. The van der Waals surface area contributed by atoms with Crippen LogP contribution in [-0.4, -0.2) is 34.1 Å². The molecular formula is C20H19N5O. The maximum Gasteiger partial charge on any atom is 0.255 e. The first-order valence-electron chi connectivity index (χ1n) is 8.46. The van der Waals surface area contributed by atoms with Crippen molar-refractivity contribution in [3.8, 4) is 0 Å². The van der Waals surface area contributed by atoms with Crippen LogP contribution in [0.1, 0.15) is 21.6 Å². The number of carbonyl (C=O) groups excluding carboxylic acids is 1. The number of hydrogen-bond acceptors (Lipinski definition) is 4. The molecule has 0 aliphatic carbocycles. The number of carbonyl (C=O) groups is 1. The first-order valence-corrected chi connectivity index (χ1v) is 8.46. The molecule has 4 rings (SSSR count). The maximum absolute atomic E-state index is 12.3. The summed E-state index contributed by atoms with van der Waals surface area (Å²) in [7, 11) is 1.96. The molecule has 1 aliphatic heterocycles. The van der Waals surface area contributed by atoms with E-state index in [1.807, 2.05) is 72.8 Å². The Hall–Kier alpha value is -3.41. The lowest BCUT2D eigenvalue weighted by molar-refractivity contribution is 0.0937. The molecular weight excluding hydrogens is 326 g/mol. The van der Waals surface area contributed by atoms with Crippen LogP contribution in [-0.2, 0) is 6.54 Å². The Labute approximate surface area is 151 Å². The Morgan fingerprint density at radius 3 is 2.73 bits per heavy atom. The van der Waals surface area contributed by atoms with Gasteiger partial charge in [0.15, 0.2) is 0 Å². The van der Waals surface area contributed by atoms with Crippen molar-refractivity contribution in [2.45, 2.75) is 12.7 Å². The molecule has 3 aromatic rings. The van der Waals surface area contributed by atoms with Crippen LogP contribution in [0.3, 0.4) is 0 Å². The zero-order valence-corrected chi connectivity index (χ0v) is 14.4. The van der Waals surface area contributed by atoms with E-state index in [0.29, 0.717) is 12.1 Å². The fourth-order valence-corrected chi connectivity index (χ4v) is 3.04. The highest BCUT2D eigenvalue weighted by Gasteiger charge is 2.26. The second-order valence-electron chi connectivity index (χ2n) is 6.23. The van der Waals surface area contributed by atoms with Gasteiger partial charge in [0.2, 0.25) is 0 Å². The zero-order chi connectivity index (χ0) is 17.9. The second kappa shape index (κ2) is 6.84. The Kier molecular flexibility index (Phi) is 4.23. The van der Waals surface area contributed by atoms with Crippen LogP contribution >= 0.6 is 0 Å². The number of anilines is 1. The maximum atomic E-state index is 12.3. The van der Waals surface area contributed by atoms with E-state index in [1.165, 1.54) is 5.56 Å². The van der Waals surface area contributed by atoms with E-state index in [4.69, 9.17) is 0 Å². The van der Waals surface area contributed by atoms with Gasteiger partial charge in [0.05, 0.1) is 24.0 Å². The van der Waals surface area contributed by atoms with Gasteiger partial charge in [0.1, 0.15) is 11.9 Å². The van der Waals surface area contributed by atoms with Crippen molar-refractivity contribution in [2.24, 2.45) is 0 Å². The third-order valence-corrected chi connectivity index (χ3v) is 4.42. The van der Waals surface area contributed by atoms with Crippen LogP contribution in [0, 0.1) is 0 Å². The number of benzene rings is 2. The lowest BCUT2D eigenvalue weighted by Crippen LogP contribution is -2.49. The van der Waals surface area contributed by atoms with Crippen molar-refractivity contribution >= 4 is 17.7 Å². The molecule has 2 heterocycles. The molecule has 26 heavy (non-hydrogen) atoms. The first-order chi connectivity index (χ1) is 12.7. The van der Waals surface area contributed by atoms with Gasteiger partial charge in [-0.15, -0.1) is 5.10 Å². The van der Waals surface area contributed by atoms with E-state index in [1.54, 1.807) is 4.68 Å². The molecule has 1 atom stereocenters. The average Bonchev–Trinajstić information content (AvgIpc) is 3.12. The van der Waals surface area contributed by atoms with Crippen molar-refractivity contribution in [2.75, 3.05) is 11.9 Å². The van der Waals surface area contributed by atoms with Gasteiger partial charge < -0.3 is 10.2 Å². The predicted octanol–water partition coefficient (Wildman–Crippen LogP) is 2.55. The van der Waals surface area contributed by atoms with E-state index in [2.05, 4.69) is 27.8 Å². The monoisotopic (exact) mass is 345 g/mol. The highest BCUT2D eigenvalue weighted by molar-refractivity contribution is 6.02. The Morgan fingerprint density at radius 2 is 1.88 bits per heavy atom. The highest BCUT2D eigenvalue weighted by atomic mass is 16.2. The lowest BCUT2D eigenvalue weighted by Gasteiger charge is -2.34. The minimum Gasteiger partial charge on any atom is -0.350 e. The molecule has 0 fully saturated rings. The van der Waals surface area contributed by atoms with Gasteiger partial charge in [-0.25, -0.2) is 4.68 Å². The summed E-state index contributed by atoms with van der Waals surface area (Å²) >= 11 is 0. The third-order valence-electron chi connectivity index (χ3n) is 4.42.